The number of alkyl halides is 3. The molecule has 2 heterocycles. The Morgan fingerprint density at radius 3 is 2.63 bits per heavy atom. The van der Waals surface area contributed by atoms with Gasteiger partial charge in [0.1, 0.15) is 18.7 Å². The Morgan fingerprint density at radius 2 is 2.03 bits per heavy atom. The van der Waals surface area contributed by atoms with E-state index in [9.17, 15) is 18.0 Å². The van der Waals surface area contributed by atoms with Gasteiger partial charge in [-0.15, -0.1) is 0 Å². The van der Waals surface area contributed by atoms with E-state index in [1.165, 1.54) is 0 Å². The van der Waals surface area contributed by atoms with Crippen molar-refractivity contribution >= 4 is 23.4 Å². The van der Waals surface area contributed by atoms with Crippen molar-refractivity contribution in [2.75, 3.05) is 7.05 Å². The monoisotopic (exact) mass is 439 g/mol. The van der Waals surface area contributed by atoms with Crippen molar-refractivity contribution < 1.29 is 32.8 Å². The summed E-state index contributed by atoms with van der Waals surface area (Å²) in [5.74, 6) is -3.07. The summed E-state index contributed by atoms with van der Waals surface area (Å²) in [4.78, 5) is 24.5. The Kier molecular flexibility index (Phi) is 5.78. The van der Waals surface area contributed by atoms with Gasteiger partial charge in [0.2, 0.25) is 0 Å². The van der Waals surface area contributed by atoms with Crippen molar-refractivity contribution in [1.29, 1.82) is 0 Å². The standard InChI is InChI=1S/C18H16ClN3O.C2HF3O2/c1-21-6-5-12-10-22(9-11-3-2-4-13(19)7-11)17-16(12)15(21)8-14(20)18(17)23;3-2(4,5)1(6)7/h2-8,10,15H,9,20H2,1H3;(H,6,7). The number of hydrogen-bond acceptors (Lipinski definition) is 5. The predicted octanol–water partition coefficient (Wildman–Crippen LogP) is 0.428. The lowest BCUT2D eigenvalue weighted by Gasteiger charge is -2.31. The summed E-state index contributed by atoms with van der Waals surface area (Å²) in [5, 5.41) is 9.49. The highest BCUT2D eigenvalue weighted by Crippen LogP contribution is 2.33. The Balaban J connectivity index is 0.000000318. The molecule has 0 bridgehead atoms. The van der Waals surface area contributed by atoms with Gasteiger partial charge in [0.25, 0.3) is 5.78 Å². The van der Waals surface area contributed by atoms with Gasteiger partial charge in [-0.1, -0.05) is 23.7 Å². The number of allylic oxidation sites excluding steroid dienone is 1. The molecule has 0 spiro atoms. The molecule has 0 aromatic heterocycles. The second kappa shape index (κ2) is 8.00. The predicted molar refractivity (Wildman–Crippen MR) is 100 cm³/mol. The third kappa shape index (κ3) is 4.27. The molecule has 0 radical (unpaired) electrons. The Hall–Kier alpha value is -3.04. The summed E-state index contributed by atoms with van der Waals surface area (Å²) < 4.78 is 31.5. The minimum atomic E-state index is -5.19. The Morgan fingerprint density at radius 1 is 1.37 bits per heavy atom. The minimum Gasteiger partial charge on any atom is -0.542 e. The van der Waals surface area contributed by atoms with Crippen LogP contribution < -0.4 is 15.7 Å². The second-order valence-corrected chi connectivity index (χ2v) is 7.32. The molecule has 2 aliphatic heterocycles. The highest BCUT2D eigenvalue weighted by atomic mass is 35.5. The van der Waals surface area contributed by atoms with Gasteiger partial charge in [0.05, 0.1) is 17.3 Å². The highest BCUT2D eigenvalue weighted by Gasteiger charge is 2.43. The zero-order chi connectivity index (χ0) is 22.2. The molecular formula is C20H17ClF3N3O3. The summed E-state index contributed by atoms with van der Waals surface area (Å²) in [6, 6.07) is 7.78. The van der Waals surface area contributed by atoms with Crippen molar-refractivity contribution in [3.8, 4) is 0 Å². The van der Waals surface area contributed by atoms with Gasteiger partial charge < -0.3 is 20.5 Å². The number of Topliss-reactive ketones (excluding diaryl/α,β-unsaturated/α-hetero) is 1. The molecule has 0 fully saturated rings. The van der Waals surface area contributed by atoms with Crippen LogP contribution in [0.25, 0.3) is 0 Å². The zero-order valence-corrected chi connectivity index (χ0v) is 16.4. The van der Waals surface area contributed by atoms with Crippen LogP contribution in [0.4, 0.5) is 13.2 Å². The molecule has 1 aromatic rings. The fourth-order valence-corrected chi connectivity index (χ4v) is 3.68. The number of quaternary nitrogens is 1. The van der Waals surface area contributed by atoms with Crippen LogP contribution in [0.15, 0.2) is 71.4 Å². The number of halogens is 4. The van der Waals surface area contributed by atoms with Crippen LogP contribution >= 0.6 is 11.6 Å². The van der Waals surface area contributed by atoms with E-state index in [4.69, 9.17) is 27.2 Å². The first kappa shape index (κ1) is 21.7. The van der Waals surface area contributed by atoms with Gasteiger partial charge in [-0.25, -0.2) is 0 Å². The SMILES string of the molecule is CN1C=CC2=C[NH+](Cc3cccc(Cl)c3)C3=C2C1C=C(N)C3=O.O=C([O-])C(F)(F)F. The molecular weight excluding hydrogens is 423 g/mol. The fraction of sp³-hybridized carbons (Fsp3) is 0.200. The van der Waals surface area contributed by atoms with E-state index in [0.29, 0.717) is 17.3 Å². The van der Waals surface area contributed by atoms with E-state index in [1.807, 2.05) is 43.6 Å². The van der Waals surface area contributed by atoms with Crippen LogP contribution in [0, 0.1) is 0 Å². The van der Waals surface area contributed by atoms with E-state index in [2.05, 4.69) is 17.2 Å². The molecule has 1 aromatic carbocycles. The van der Waals surface area contributed by atoms with Gasteiger partial charge in [-0.3, -0.25) is 9.69 Å². The maximum Gasteiger partial charge on any atom is 0.430 e. The molecule has 158 valence electrons. The molecule has 3 N–H and O–H groups in total. The van der Waals surface area contributed by atoms with Gasteiger partial charge >= 0.3 is 6.18 Å². The van der Waals surface area contributed by atoms with Crippen molar-refractivity contribution in [2.24, 2.45) is 5.73 Å². The largest absolute Gasteiger partial charge is 0.542 e. The van der Waals surface area contributed by atoms with E-state index in [0.717, 1.165) is 27.3 Å². The van der Waals surface area contributed by atoms with Crippen LogP contribution in [0.5, 0.6) is 0 Å². The number of carbonyl (C=O) groups is 2. The number of likely N-dealkylation sites (N-methyl/N-ethyl adjacent to an activating group) is 1. The maximum atomic E-state index is 12.6. The lowest BCUT2D eigenvalue weighted by molar-refractivity contribution is -0.813. The molecule has 2 unspecified atom stereocenters. The van der Waals surface area contributed by atoms with Crippen molar-refractivity contribution in [3.05, 3.63) is 81.9 Å². The number of nitrogens with one attached hydrogen (secondary N) is 1. The molecule has 0 saturated heterocycles. The zero-order valence-electron chi connectivity index (χ0n) is 15.7. The Labute approximate surface area is 175 Å². The van der Waals surface area contributed by atoms with Crippen LogP contribution in [0.2, 0.25) is 5.02 Å². The fourth-order valence-electron chi connectivity index (χ4n) is 3.47. The van der Waals surface area contributed by atoms with Crippen LogP contribution in [-0.2, 0) is 16.1 Å². The first-order valence-electron chi connectivity index (χ1n) is 8.76. The minimum absolute atomic E-state index is 0.0378. The average Bonchev–Trinajstić information content (AvgIpc) is 3.01. The van der Waals surface area contributed by atoms with E-state index in [1.54, 1.807) is 0 Å². The molecule has 3 aliphatic rings. The number of ketones is 1. The quantitative estimate of drug-likeness (QED) is 0.697. The van der Waals surface area contributed by atoms with Crippen LogP contribution in [0.3, 0.4) is 0 Å². The Bertz CT molecular complexity index is 1030. The summed E-state index contributed by atoms with van der Waals surface area (Å²) in [6.45, 7) is 0.673. The van der Waals surface area contributed by atoms with Crippen molar-refractivity contribution in [3.63, 3.8) is 0 Å². The molecule has 0 amide bonds. The second-order valence-electron chi connectivity index (χ2n) is 6.88. The average molecular weight is 440 g/mol. The molecule has 30 heavy (non-hydrogen) atoms. The smallest absolute Gasteiger partial charge is 0.430 e. The number of aliphatic carboxylic acids is 1. The third-order valence-corrected chi connectivity index (χ3v) is 5.03. The molecule has 0 saturated carbocycles. The number of nitrogens with zero attached hydrogens (tertiary/aromatic N) is 1. The first-order chi connectivity index (χ1) is 14.0. The van der Waals surface area contributed by atoms with Gasteiger partial charge in [0, 0.05) is 29.4 Å². The van der Waals surface area contributed by atoms with Crippen molar-refractivity contribution in [2.45, 2.75) is 18.8 Å². The molecule has 2 atom stereocenters. The van der Waals surface area contributed by atoms with E-state index < -0.39 is 12.1 Å². The van der Waals surface area contributed by atoms with E-state index in [-0.39, 0.29) is 11.8 Å². The molecule has 6 nitrogen and oxygen atoms in total. The van der Waals surface area contributed by atoms with E-state index >= 15 is 0 Å². The molecule has 1 aliphatic carbocycles. The van der Waals surface area contributed by atoms with Gasteiger partial charge in [-0.2, -0.15) is 13.2 Å². The topological polar surface area (TPSA) is 90.9 Å². The lowest BCUT2D eigenvalue weighted by Crippen LogP contribution is -3.04. The molecule has 10 heteroatoms. The number of rotatable bonds is 2. The first-order valence-corrected chi connectivity index (χ1v) is 9.14. The number of carboxylic acid groups (broad SMARTS) is 1. The highest BCUT2D eigenvalue weighted by molar-refractivity contribution is 6.30. The number of hydrogen-bond donors (Lipinski definition) is 2. The number of benzene rings is 1. The van der Waals surface area contributed by atoms with Gasteiger partial charge in [-0.05, 0) is 24.3 Å². The van der Waals surface area contributed by atoms with Gasteiger partial charge in [0.15, 0.2) is 5.70 Å². The third-order valence-electron chi connectivity index (χ3n) is 4.80. The maximum absolute atomic E-state index is 12.6. The number of carboxylic acids is 1. The summed E-state index contributed by atoms with van der Waals surface area (Å²) >= 11 is 6.08. The number of carbonyl (C=O) groups excluding carboxylic acids is 2. The number of nitrogens with two attached hydrogens (primary N) is 1. The lowest BCUT2D eigenvalue weighted by atomic mass is 9.88. The normalized spacial score (nSPS) is 22.2. The summed E-state index contributed by atoms with van der Waals surface area (Å²) in [7, 11) is 2.00. The van der Waals surface area contributed by atoms with Crippen LogP contribution in [0.1, 0.15) is 5.56 Å². The summed E-state index contributed by atoms with van der Waals surface area (Å²) in [5.41, 5.74) is 10.3. The summed E-state index contributed by atoms with van der Waals surface area (Å²) in [6.07, 6.45) is 2.84. The molecule has 4 rings (SSSR count). The van der Waals surface area contributed by atoms with Crippen molar-refractivity contribution in [1.82, 2.24) is 4.90 Å². The van der Waals surface area contributed by atoms with Crippen LogP contribution in [-0.4, -0.2) is 35.9 Å².